The predicted molar refractivity (Wildman–Crippen MR) is 143 cm³/mol. The molecule has 9 heteroatoms. The van der Waals surface area contributed by atoms with Crippen LogP contribution in [0, 0.1) is 0 Å². The Morgan fingerprint density at radius 3 is 2.19 bits per heavy atom. The Bertz CT molecular complexity index is 1740. The number of fused-ring (bicyclic) bond motifs is 3. The van der Waals surface area contributed by atoms with Gasteiger partial charge in [0.2, 0.25) is 0 Å². The first-order chi connectivity index (χ1) is 17.8. The highest BCUT2D eigenvalue weighted by atomic mass is 32.2. The molecule has 0 saturated carbocycles. The molecule has 190 valence electrons. The summed E-state index contributed by atoms with van der Waals surface area (Å²) in [6.07, 6.45) is -0.166. The molecule has 2 heterocycles. The average Bonchev–Trinajstić information content (AvgIpc) is 3.20. The van der Waals surface area contributed by atoms with Crippen molar-refractivity contribution in [1.82, 2.24) is 9.13 Å². The van der Waals surface area contributed by atoms with Crippen LogP contribution in [0.15, 0.2) is 89.7 Å². The maximum Gasteiger partial charge on any atom is 0.306 e. The van der Waals surface area contributed by atoms with E-state index in [0.29, 0.717) is 27.5 Å². The van der Waals surface area contributed by atoms with Crippen molar-refractivity contribution in [3.05, 3.63) is 101 Å². The molecule has 0 radical (unpaired) electrons. The summed E-state index contributed by atoms with van der Waals surface area (Å²) in [5.41, 5.74) is 2.68. The summed E-state index contributed by atoms with van der Waals surface area (Å²) >= 11 is 0. The van der Waals surface area contributed by atoms with Crippen molar-refractivity contribution in [1.29, 1.82) is 0 Å². The van der Waals surface area contributed by atoms with Crippen molar-refractivity contribution in [3.63, 3.8) is 0 Å². The van der Waals surface area contributed by atoms with Crippen LogP contribution in [0.3, 0.4) is 0 Å². The topological polar surface area (TPSA) is 111 Å². The van der Waals surface area contributed by atoms with Crippen LogP contribution in [-0.4, -0.2) is 46.7 Å². The molecular weight excluding hydrogens is 492 g/mol. The summed E-state index contributed by atoms with van der Waals surface area (Å²) in [6, 6.07) is 25.8. The van der Waals surface area contributed by atoms with E-state index in [0.717, 1.165) is 17.4 Å². The highest BCUT2D eigenvalue weighted by Gasteiger charge is 2.23. The fourth-order valence-electron chi connectivity index (χ4n) is 4.68. The molecule has 3 aromatic carbocycles. The maximum atomic E-state index is 14.1. The number of rotatable bonds is 8. The molecule has 2 aromatic heterocycles. The lowest BCUT2D eigenvalue weighted by molar-refractivity contribution is 0.0809. The van der Waals surface area contributed by atoms with Crippen molar-refractivity contribution in [3.8, 4) is 17.0 Å². The Morgan fingerprint density at radius 1 is 0.865 bits per heavy atom. The lowest BCUT2D eigenvalue weighted by atomic mass is 10.1. The van der Waals surface area contributed by atoms with E-state index in [1.165, 1.54) is 4.57 Å². The van der Waals surface area contributed by atoms with Gasteiger partial charge in [-0.25, -0.2) is 0 Å². The van der Waals surface area contributed by atoms with E-state index in [1.807, 2.05) is 72.8 Å². The lowest BCUT2D eigenvalue weighted by Gasteiger charge is -2.17. The molecule has 5 rings (SSSR count). The molecule has 1 atom stereocenters. The Morgan fingerprint density at radius 2 is 1.54 bits per heavy atom. The van der Waals surface area contributed by atoms with Crippen LogP contribution < -0.4 is 9.74 Å². The van der Waals surface area contributed by atoms with Gasteiger partial charge >= 0.3 is 10.1 Å². The first-order valence-electron chi connectivity index (χ1n) is 11.7. The van der Waals surface area contributed by atoms with E-state index >= 15 is 0 Å². The third-order valence-electron chi connectivity index (χ3n) is 6.20. The first kappa shape index (κ1) is 24.8. The predicted octanol–water partition coefficient (Wildman–Crippen LogP) is 3.36. The van der Waals surface area contributed by atoms with Crippen LogP contribution in [0.4, 0.5) is 0 Å². The summed E-state index contributed by atoms with van der Waals surface area (Å²) in [6.45, 7) is -0.333. The molecule has 5 aromatic rings. The van der Waals surface area contributed by atoms with Gasteiger partial charge in [-0.3, -0.25) is 4.79 Å². The van der Waals surface area contributed by atoms with E-state index in [4.69, 9.17) is 4.18 Å². The summed E-state index contributed by atoms with van der Waals surface area (Å²) in [7, 11) is -3.84. The van der Waals surface area contributed by atoms with Crippen molar-refractivity contribution in [2.45, 2.75) is 19.2 Å². The number of aromatic nitrogens is 2. The molecule has 0 aliphatic heterocycles. The average molecular weight is 519 g/mol. The Hall–Kier alpha value is -3.92. The molecule has 2 N–H and O–H groups in total. The summed E-state index contributed by atoms with van der Waals surface area (Å²) < 4.78 is 32.8. The van der Waals surface area contributed by atoms with Crippen LogP contribution in [-0.2, 0) is 23.2 Å². The van der Waals surface area contributed by atoms with Gasteiger partial charge in [0.1, 0.15) is 5.52 Å². The van der Waals surface area contributed by atoms with E-state index < -0.39 is 22.8 Å². The minimum Gasteiger partial charge on any atom is -0.394 e. The second-order valence-electron chi connectivity index (χ2n) is 8.92. The zero-order chi connectivity index (χ0) is 26.2. The highest BCUT2D eigenvalue weighted by Crippen LogP contribution is 2.36. The molecule has 0 fully saturated rings. The van der Waals surface area contributed by atoms with Crippen molar-refractivity contribution in [2.24, 2.45) is 0 Å². The van der Waals surface area contributed by atoms with Crippen LogP contribution >= 0.6 is 0 Å². The Kier molecular flexibility index (Phi) is 6.59. The van der Waals surface area contributed by atoms with Gasteiger partial charge < -0.3 is 23.5 Å². The molecule has 8 nitrogen and oxygen atoms in total. The largest absolute Gasteiger partial charge is 0.394 e. The van der Waals surface area contributed by atoms with E-state index in [2.05, 4.69) is 0 Å². The molecule has 1 unspecified atom stereocenters. The summed E-state index contributed by atoms with van der Waals surface area (Å²) in [4.78, 5) is 14.1. The Labute approximate surface area is 213 Å². The number of aliphatic hydroxyl groups excluding tert-OH is 2. The van der Waals surface area contributed by atoms with Crippen molar-refractivity contribution in [2.75, 3.05) is 12.9 Å². The van der Waals surface area contributed by atoms with Gasteiger partial charge in [-0.05, 0) is 23.3 Å². The number of para-hydroxylation sites is 1. The maximum absolute atomic E-state index is 14.1. The molecular formula is C28H26N2O6S. The lowest BCUT2D eigenvalue weighted by Crippen LogP contribution is -2.30. The molecule has 0 amide bonds. The zero-order valence-corrected chi connectivity index (χ0v) is 20.9. The van der Waals surface area contributed by atoms with Gasteiger partial charge in [0, 0.05) is 17.3 Å². The smallest absolute Gasteiger partial charge is 0.306 e. The molecule has 0 saturated heterocycles. The van der Waals surface area contributed by atoms with E-state index in [9.17, 15) is 23.4 Å². The quantitative estimate of drug-likeness (QED) is 0.305. The molecule has 0 aliphatic carbocycles. The fourth-order valence-corrected chi connectivity index (χ4v) is 5.14. The minimum absolute atomic E-state index is 0.116. The molecule has 37 heavy (non-hydrogen) atoms. The van der Waals surface area contributed by atoms with Gasteiger partial charge in [0.15, 0.2) is 5.75 Å². The number of benzene rings is 3. The SMILES string of the molecule is CS(=O)(=O)Oc1cccc2c3cc(-c4ccccc4)n(CC(O)CO)c(=O)c3n(Cc3ccccc3)c12. The first-order valence-corrected chi connectivity index (χ1v) is 13.5. The minimum atomic E-state index is -3.84. The molecule has 0 bridgehead atoms. The fraction of sp³-hybridized carbons (Fsp3) is 0.179. The number of pyridine rings is 1. The molecule has 0 spiro atoms. The van der Waals surface area contributed by atoms with Crippen LogP contribution in [0.2, 0.25) is 0 Å². The van der Waals surface area contributed by atoms with Gasteiger partial charge in [-0.15, -0.1) is 0 Å². The van der Waals surface area contributed by atoms with E-state index in [1.54, 1.807) is 16.7 Å². The number of aliphatic hydroxyl groups is 2. The van der Waals surface area contributed by atoms with Gasteiger partial charge in [0.05, 0.1) is 36.7 Å². The van der Waals surface area contributed by atoms with Crippen LogP contribution in [0.25, 0.3) is 33.1 Å². The second-order valence-corrected chi connectivity index (χ2v) is 10.5. The third-order valence-corrected chi connectivity index (χ3v) is 6.68. The van der Waals surface area contributed by atoms with E-state index in [-0.39, 0.29) is 24.4 Å². The van der Waals surface area contributed by atoms with Crippen molar-refractivity contribution >= 4 is 31.9 Å². The standard InChI is InChI=1S/C28H26N2O6S/c1-37(34,35)36-25-14-8-13-22-23-15-24(20-11-6-3-7-12-20)29(17-21(32)18-31)28(33)27(23)30(26(22)25)16-19-9-4-2-5-10-19/h2-15,21,31-32H,16-18H2,1H3. The Balaban J connectivity index is 1.91. The van der Waals surface area contributed by atoms with Crippen LogP contribution in [0.5, 0.6) is 5.75 Å². The second kappa shape index (κ2) is 9.85. The number of hydrogen-bond donors (Lipinski definition) is 2. The van der Waals surface area contributed by atoms with Gasteiger partial charge in [-0.1, -0.05) is 72.8 Å². The summed E-state index contributed by atoms with van der Waals surface area (Å²) in [5.74, 6) is 0.120. The highest BCUT2D eigenvalue weighted by molar-refractivity contribution is 7.86. The number of nitrogens with zero attached hydrogens (tertiary/aromatic N) is 2. The third kappa shape index (κ3) is 4.89. The molecule has 0 aliphatic rings. The zero-order valence-electron chi connectivity index (χ0n) is 20.1. The summed E-state index contributed by atoms with van der Waals surface area (Å²) in [5, 5.41) is 21.1. The normalized spacial score (nSPS) is 12.7. The van der Waals surface area contributed by atoms with Gasteiger partial charge in [-0.2, -0.15) is 8.42 Å². The van der Waals surface area contributed by atoms with Crippen LogP contribution in [0.1, 0.15) is 5.56 Å². The number of hydrogen-bond acceptors (Lipinski definition) is 6. The monoisotopic (exact) mass is 518 g/mol. The van der Waals surface area contributed by atoms with Gasteiger partial charge in [0.25, 0.3) is 5.56 Å². The van der Waals surface area contributed by atoms with Crippen molar-refractivity contribution < 1.29 is 22.8 Å².